The van der Waals surface area contributed by atoms with Crippen molar-refractivity contribution in [2.75, 3.05) is 20.6 Å². The fraction of sp³-hybridized carbons (Fsp3) is 0.429. The minimum atomic E-state index is -0.00568. The van der Waals surface area contributed by atoms with Gasteiger partial charge < -0.3 is 15.5 Å². The molecule has 0 saturated heterocycles. The second-order valence-electron chi connectivity index (χ2n) is 7.19. The molecule has 1 aromatic carbocycles. The van der Waals surface area contributed by atoms with Gasteiger partial charge in [-0.2, -0.15) is 0 Å². The standard InChI is InChI=1S/C21H28N4OS.HI/c1-15(19-9-6-12-27-19)23-21(22-14-20(26)25(2)3)24-18-11-10-16-7-4-5-8-17(16)13-18;/h4-9,12,15,18H,10-11,13-14H2,1-3H3,(H2,22,23,24);1H. The number of benzene rings is 1. The molecule has 0 saturated carbocycles. The highest BCUT2D eigenvalue weighted by atomic mass is 127. The van der Waals surface area contributed by atoms with Crippen LogP contribution in [0.4, 0.5) is 0 Å². The second-order valence-corrected chi connectivity index (χ2v) is 8.17. The highest BCUT2D eigenvalue weighted by Crippen LogP contribution is 2.21. The van der Waals surface area contributed by atoms with Crippen molar-refractivity contribution in [3.63, 3.8) is 0 Å². The van der Waals surface area contributed by atoms with Crippen molar-refractivity contribution < 1.29 is 4.79 Å². The topological polar surface area (TPSA) is 56.7 Å². The number of fused-ring (bicyclic) bond motifs is 1. The predicted molar refractivity (Wildman–Crippen MR) is 128 cm³/mol. The molecular weight excluding hydrogens is 483 g/mol. The molecule has 0 spiro atoms. The van der Waals surface area contributed by atoms with Crippen LogP contribution in [0.5, 0.6) is 0 Å². The molecule has 0 fully saturated rings. The number of carbonyl (C=O) groups excluding carboxylic acids is 1. The summed E-state index contributed by atoms with van der Waals surface area (Å²) in [6, 6.07) is 13.3. The quantitative estimate of drug-likeness (QED) is 0.366. The van der Waals surface area contributed by atoms with E-state index in [-0.39, 0.29) is 42.5 Å². The minimum Gasteiger partial charge on any atom is -0.353 e. The first-order valence-electron chi connectivity index (χ1n) is 9.41. The molecule has 0 radical (unpaired) electrons. The van der Waals surface area contributed by atoms with Crippen molar-refractivity contribution in [3.05, 3.63) is 57.8 Å². The van der Waals surface area contributed by atoms with Crippen molar-refractivity contribution in [2.24, 2.45) is 4.99 Å². The van der Waals surface area contributed by atoms with Gasteiger partial charge in [0.05, 0.1) is 6.04 Å². The van der Waals surface area contributed by atoms with E-state index in [0.717, 1.165) is 19.3 Å². The number of hydrogen-bond donors (Lipinski definition) is 2. The number of carbonyl (C=O) groups is 1. The van der Waals surface area contributed by atoms with Gasteiger partial charge in [0.1, 0.15) is 6.54 Å². The van der Waals surface area contributed by atoms with E-state index in [1.54, 1.807) is 30.3 Å². The van der Waals surface area contributed by atoms with Gasteiger partial charge in [-0.05, 0) is 48.8 Å². The van der Waals surface area contributed by atoms with Gasteiger partial charge in [-0.1, -0.05) is 30.3 Å². The van der Waals surface area contributed by atoms with Crippen molar-refractivity contribution in [2.45, 2.75) is 38.3 Å². The molecule has 2 unspecified atom stereocenters. The van der Waals surface area contributed by atoms with Gasteiger partial charge in [0.15, 0.2) is 5.96 Å². The van der Waals surface area contributed by atoms with Gasteiger partial charge in [-0.15, -0.1) is 35.3 Å². The fourth-order valence-corrected chi connectivity index (χ4v) is 3.98. The Bertz CT molecular complexity index is 791. The van der Waals surface area contributed by atoms with E-state index < -0.39 is 0 Å². The van der Waals surface area contributed by atoms with Crippen LogP contribution in [0.25, 0.3) is 0 Å². The summed E-state index contributed by atoms with van der Waals surface area (Å²) < 4.78 is 0. The first kappa shape index (κ1) is 22.7. The smallest absolute Gasteiger partial charge is 0.243 e. The van der Waals surface area contributed by atoms with E-state index in [1.165, 1.54) is 16.0 Å². The number of thiophene rings is 1. The van der Waals surface area contributed by atoms with Gasteiger partial charge in [0.25, 0.3) is 0 Å². The molecule has 0 aliphatic heterocycles. The number of rotatable bonds is 5. The van der Waals surface area contributed by atoms with E-state index >= 15 is 0 Å². The summed E-state index contributed by atoms with van der Waals surface area (Å²) in [7, 11) is 3.51. The lowest BCUT2D eigenvalue weighted by Gasteiger charge is -2.28. The Morgan fingerprint density at radius 2 is 2.00 bits per heavy atom. The van der Waals surface area contributed by atoms with Crippen LogP contribution < -0.4 is 10.6 Å². The number of amides is 1. The molecule has 5 nitrogen and oxygen atoms in total. The summed E-state index contributed by atoms with van der Waals surface area (Å²) in [6.45, 7) is 2.26. The Morgan fingerprint density at radius 3 is 2.68 bits per heavy atom. The van der Waals surface area contributed by atoms with E-state index in [0.29, 0.717) is 12.0 Å². The lowest BCUT2D eigenvalue weighted by Crippen LogP contribution is -2.46. The summed E-state index contributed by atoms with van der Waals surface area (Å²) in [5.74, 6) is 0.698. The molecule has 1 aromatic heterocycles. The Morgan fingerprint density at radius 1 is 1.25 bits per heavy atom. The fourth-order valence-electron chi connectivity index (χ4n) is 3.25. The van der Waals surface area contributed by atoms with Crippen LogP contribution in [-0.4, -0.2) is 43.4 Å². The van der Waals surface area contributed by atoms with E-state index in [2.05, 4.69) is 64.3 Å². The number of nitrogens with one attached hydrogen (secondary N) is 2. The van der Waals surface area contributed by atoms with Crippen LogP contribution >= 0.6 is 35.3 Å². The summed E-state index contributed by atoms with van der Waals surface area (Å²) in [4.78, 5) is 19.4. The number of likely N-dealkylation sites (N-methyl/N-ethyl adjacent to an activating group) is 1. The summed E-state index contributed by atoms with van der Waals surface area (Å²) in [6.07, 6.45) is 3.11. The third-order valence-electron chi connectivity index (χ3n) is 4.88. The third kappa shape index (κ3) is 6.20. The van der Waals surface area contributed by atoms with Gasteiger partial charge in [-0.3, -0.25) is 4.79 Å². The molecule has 152 valence electrons. The summed E-state index contributed by atoms with van der Waals surface area (Å²) >= 11 is 1.72. The maximum Gasteiger partial charge on any atom is 0.243 e. The van der Waals surface area contributed by atoms with Gasteiger partial charge >= 0.3 is 0 Å². The Balaban J connectivity index is 0.00000280. The number of hydrogen-bond acceptors (Lipinski definition) is 3. The molecule has 28 heavy (non-hydrogen) atoms. The molecule has 1 aliphatic carbocycles. The van der Waals surface area contributed by atoms with E-state index in [1.807, 2.05) is 0 Å². The lowest BCUT2D eigenvalue weighted by molar-refractivity contribution is -0.127. The van der Waals surface area contributed by atoms with Crippen molar-refractivity contribution in [3.8, 4) is 0 Å². The average Bonchev–Trinajstić information content (AvgIpc) is 3.20. The maximum absolute atomic E-state index is 12.0. The molecule has 7 heteroatoms. The van der Waals surface area contributed by atoms with Gasteiger partial charge in [0.2, 0.25) is 5.91 Å². The number of aliphatic imine (C=N–C) groups is 1. The highest BCUT2D eigenvalue weighted by Gasteiger charge is 2.20. The minimum absolute atomic E-state index is 0. The molecule has 2 atom stereocenters. The van der Waals surface area contributed by atoms with Crippen molar-refractivity contribution in [1.82, 2.24) is 15.5 Å². The molecular formula is C21H29IN4OS. The van der Waals surface area contributed by atoms with Gasteiger partial charge in [0, 0.05) is 25.0 Å². The van der Waals surface area contributed by atoms with Crippen LogP contribution in [-0.2, 0) is 17.6 Å². The van der Waals surface area contributed by atoms with Gasteiger partial charge in [-0.25, -0.2) is 4.99 Å². The molecule has 2 N–H and O–H groups in total. The zero-order valence-electron chi connectivity index (χ0n) is 16.6. The SMILES string of the molecule is CC(NC(=NCC(=O)N(C)C)NC1CCc2ccccc2C1)c1cccs1.I. The van der Waals surface area contributed by atoms with Crippen LogP contribution in [0.3, 0.4) is 0 Å². The van der Waals surface area contributed by atoms with E-state index in [4.69, 9.17) is 0 Å². The molecule has 2 aromatic rings. The number of guanidine groups is 1. The summed E-state index contributed by atoms with van der Waals surface area (Å²) in [5.41, 5.74) is 2.84. The summed E-state index contributed by atoms with van der Waals surface area (Å²) in [5, 5.41) is 9.10. The third-order valence-corrected chi connectivity index (χ3v) is 5.94. The molecule has 3 rings (SSSR count). The Kier molecular flexibility index (Phi) is 8.75. The van der Waals surface area contributed by atoms with Crippen LogP contribution in [0.15, 0.2) is 46.8 Å². The highest BCUT2D eigenvalue weighted by molar-refractivity contribution is 14.0. The molecule has 1 amide bonds. The predicted octanol–water partition coefficient (Wildman–Crippen LogP) is 3.61. The first-order chi connectivity index (χ1) is 13.0. The number of halogens is 1. The van der Waals surface area contributed by atoms with Crippen molar-refractivity contribution in [1.29, 1.82) is 0 Å². The molecule has 1 aliphatic rings. The van der Waals surface area contributed by atoms with Crippen LogP contribution in [0.2, 0.25) is 0 Å². The maximum atomic E-state index is 12.0. The second kappa shape index (κ2) is 10.8. The van der Waals surface area contributed by atoms with Crippen LogP contribution in [0, 0.1) is 0 Å². The lowest BCUT2D eigenvalue weighted by atomic mass is 9.88. The largest absolute Gasteiger partial charge is 0.353 e. The van der Waals surface area contributed by atoms with E-state index in [9.17, 15) is 4.79 Å². The van der Waals surface area contributed by atoms with Crippen LogP contribution in [0.1, 0.15) is 35.4 Å². The number of aryl methyl sites for hydroxylation is 1. The number of nitrogens with zero attached hydrogens (tertiary/aromatic N) is 2. The first-order valence-corrected chi connectivity index (χ1v) is 10.3. The van der Waals surface area contributed by atoms with Crippen molar-refractivity contribution >= 4 is 47.2 Å². The normalized spacial score (nSPS) is 17.1. The average molecular weight is 512 g/mol. The molecule has 0 bridgehead atoms. The monoisotopic (exact) mass is 512 g/mol. The zero-order chi connectivity index (χ0) is 19.2. The Labute approximate surface area is 188 Å². The molecule has 1 heterocycles. The Hall–Kier alpha value is -1.61. The zero-order valence-corrected chi connectivity index (χ0v) is 19.8.